The number of hydrogen-bond acceptors (Lipinski definition) is 6. The van der Waals surface area contributed by atoms with E-state index in [1.54, 1.807) is 0 Å². The zero-order chi connectivity index (χ0) is 21.3. The quantitative estimate of drug-likeness (QED) is 0.583. The van der Waals surface area contributed by atoms with Gasteiger partial charge in [-0.25, -0.2) is 8.78 Å². The van der Waals surface area contributed by atoms with Crippen LogP contribution in [0.4, 0.5) is 8.78 Å². The van der Waals surface area contributed by atoms with Gasteiger partial charge >= 0.3 is 0 Å². The van der Waals surface area contributed by atoms with Gasteiger partial charge in [-0.05, 0) is 37.0 Å². The largest absolute Gasteiger partial charge is 0.395 e. The maximum absolute atomic E-state index is 13.4. The van der Waals surface area contributed by atoms with Gasteiger partial charge in [0.1, 0.15) is 12.2 Å². The van der Waals surface area contributed by atoms with Crippen LogP contribution in [0, 0.1) is 6.92 Å². The number of amides is 1. The van der Waals surface area contributed by atoms with Crippen molar-refractivity contribution in [2.45, 2.75) is 38.2 Å². The second-order valence-electron chi connectivity index (χ2n) is 7.31. The van der Waals surface area contributed by atoms with Crippen molar-refractivity contribution in [3.8, 4) is 11.6 Å². The zero-order valence-corrected chi connectivity index (χ0v) is 16.3. The smallest absolute Gasteiger partial charge is 0.280 e. The van der Waals surface area contributed by atoms with E-state index in [-0.39, 0.29) is 30.2 Å². The summed E-state index contributed by atoms with van der Waals surface area (Å²) in [5.41, 5.74) is 1.57. The van der Waals surface area contributed by atoms with Crippen LogP contribution in [-0.4, -0.2) is 44.1 Å². The number of aliphatic hydroxyl groups excluding tert-OH is 1. The van der Waals surface area contributed by atoms with Crippen molar-refractivity contribution in [1.29, 1.82) is 0 Å². The van der Waals surface area contributed by atoms with E-state index in [0.29, 0.717) is 5.82 Å². The monoisotopic (exact) mass is 417 g/mol. The van der Waals surface area contributed by atoms with Crippen molar-refractivity contribution in [3.05, 3.63) is 53.0 Å². The van der Waals surface area contributed by atoms with Crippen molar-refractivity contribution in [3.63, 3.8) is 0 Å². The summed E-state index contributed by atoms with van der Waals surface area (Å²) in [4.78, 5) is 16.3. The minimum atomic E-state index is -2.83. The number of rotatable bonds is 8. The average molecular weight is 417 g/mol. The SMILES string of the molecule is Cc1ccccc1C1(c2noc(-c3cc(C(F)F)n(CC(=O)NCCO)n3)n2)CC1. The highest BCUT2D eigenvalue weighted by atomic mass is 19.3. The number of aromatic nitrogens is 4. The molecule has 1 fully saturated rings. The molecular weight excluding hydrogens is 396 g/mol. The molecule has 2 heterocycles. The number of halogens is 2. The second-order valence-corrected chi connectivity index (χ2v) is 7.31. The van der Waals surface area contributed by atoms with Crippen molar-refractivity contribution < 1.29 is 23.2 Å². The van der Waals surface area contributed by atoms with Crippen LogP contribution in [-0.2, 0) is 16.8 Å². The molecule has 30 heavy (non-hydrogen) atoms. The first-order valence-electron chi connectivity index (χ1n) is 9.59. The lowest BCUT2D eigenvalue weighted by Gasteiger charge is -2.13. The van der Waals surface area contributed by atoms with Crippen LogP contribution < -0.4 is 5.32 Å². The fourth-order valence-electron chi connectivity index (χ4n) is 3.60. The molecule has 8 nitrogen and oxygen atoms in total. The Morgan fingerprint density at radius 1 is 1.37 bits per heavy atom. The number of benzene rings is 1. The molecule has 0 bridgehead atoms. The van der Waals surface area contributed by atoms with Crippen LogP contribution in [0.15, 0.2) is 34.9 Å². The molecule has 158 valence electrons. The zero-order valence-electron chi connectivity index (χ0n) is 16.3. The second kappa shape index (κ2) is 7.94. The first-order valence-corrected chi connectivity index (χ1v) is 9.59. The third-order valence-corrected chi connectivity index (χ3v) is 5.25. The van der Waals surface area contributed by atoms with Gasteiger partial charge in [-0.15, -0.1) is 0 Å². The molecule has 1 amide bonds. The lowest BCUT2D eigenvalue weighted by atomic mass is 9.91. The Morgan fingerprint density at radius 3 is 2.80 bits per heavy atom. The highest BCUT2D eigenvalue weighted by molar-refractivity contribution is 5.75. The fourth-order valence-corrected chi connectivity index (χ4v) is 3.60. The predicted molar refractivity (Wildman–Crippen MR) is 102 cm³/mol. The Kier molecular flexibility index (Phi) is 5.33. The van der Waals surface area contributed by atoms with E-state index in [9.17, 15) is 13.6 Å². The molecule has 0 spiro atoms. The first kappa shape index (κ1) is 20.1. The van der Waals surface area contributed by atoms with Gasteiger partial charge in [0.25, 0.3) is 12.3 Å². The van der Waals surface area contributed by atoms with E-state index in [1.807, 2.05) is 31.2 Å². The molecule has 0 radical (unpaired) electrons. The first-order chi connectivity index (χ1) is 14.4. The summed E-state index contributed by atoms with van der Waals surface area (Å²) >= 11 is 0. The summed E-state index contributed by atoms with van der Waals surface area (Å²) in [5.74, 6) is -0.00906. The molecule has 1 saturated carbocycles. The number of nitrogens with zero attached hydrogens (tertiary/aromatic N) is 4. The molecule has 3 aromatic rings. The fraction of sp³-hybridized carbons (Fsp3) is 0.400. The van der Waals surface area contributed by atoms with Crippen molar-refractivity contribution in [2.24, 2.45) is 0 Å². The van der Waals surface area contributed by atoms with Crippen LogP contribution in [0.1, 0.15) is 41.9 Å². The summed E-state index contributed by atoms with van der Waals surface area (Å²) in [6.07, 6.45) is -1.09. The molecule has 0 saturated heterocycles. The van der Waals surface area contributed by atoms with Crippen molar-refractivity contribution in [1.82, 2.24) is 25.2 Å². The highest BCUT2D eigenvalue weighted by Crippen LogP contribution is 2.53. The van der Waals surface area contributed by atoms with E-state index in [2.05, 4.69) is 20.6 Å². The van der Waals surface area contributed by atoms with Gasteiger partial charge in [-0.1, -0.05) is 29.4 Å². The average Bonchev–Trinajstić information content (AvgIpc) is 3.17. The van der Waals surface area contributed by atoms with E-state index in [4.69, 9.17) is 9.63 Å². The van der Waals surface area contributed by atoms with Gasteiger partial charge in [0.15, 0.2) is 11.5 Å². The number of aliphatic hydroxyl groups is 1. The maximum atomic E-state index is 13.4. The van der Waals surface area contributed by atoms with Gasteiger partial charge in [-0.3, -0.25) is 9.48 Å². The summed E-state index contributed by atoms with van der Waals surface area (Å²) in [5, 5.41) is 19.3. The summed E-state index contributed by atoms with van der Waals surface area (Å²) in [7, 11) is 0. The Hall–Kier alpha value is -3.14. The number of carbonyl (C=O) groups excluding carboxylic acids is 1. The third kappa shape index (κ3) is 3.70. The molecule has 0 atom stereocenters. The molecule has 10 heteroatoms. The molecule has 1 aromatic carbocycles. The summed E-state index contributed by atoms with van der Waals surface area (Å²) in [6.45, 7) is 1.40. The van der Waals surface area contributed by atoms with E-state index < -0.39 is 24.6 Å². The van der Waals surface area contributed by atoms with Crippen molar-refractivity contribution >= 4 is 5.91 Å². The summed E-state index contributed by atoms with van der Waals surface area (Å²) in [6, 6.07) is 9.13. The molecule has 1 aliphatic rings. The molecule has 4 rings (SSSR count). The molecule has 0 unspecified atom stereocenters. The lowest BCUT2D eigenvalue weighted by Crippen LogP contribution is -2.30. The van der Waals surface area contributed by atoms with Gasteiger partial charge in [0.05, 0.1) is 12.0 Å². The minimum Gasteiger partial charge on any atom is -0.395 e. The molecule has 0 aliphatic heterocycles. The number of hydrogen-bond donors (Lipinski definition) is 2. The molecule has 2 N–H and O–H groups in total. The molecule has 1 aliphatic carbocycles. The standard InChI is InChI=1S/C20H21F2N5O3/c1-12-4-2-3-5-13(12)20(6-7-20)19-24-18(30-26-19)14-10-15(17(21)22)27(25-14)11-16(29)23-8-9-28/h2-5,10,17,28H,6-9,11H2,1H3,(H,23,29). The Balaban J connectivity index is 1.62. The highest BCUT2D eigenvalue weighted by Gasteiger charge is 2.50. The Bertz CT molecular complexity index is 1060. The van der Waals surface area contributed by atoms with E-state index in [0.717, 1.165) is 34.7 Å². The molecular formula is C20H21F2N5O3. The van der Waals surface area contributed by atoms with E-state index >= 15 is 0 Å². The van der Waals surface area contributed by atoms with Crippen LogP contribution in [0.2, 0.25) is 0 Å². The number of aryl methyl sites for hydroxylation is 1. The Morgan fingerprint density at radius 2 is 2.13 bits per heavy atom. The lowest BCUT2D eigenvalue weighted by molar-refractivity contribution is -0.122. The minimum absolute atomic E-state index is 0.0290. The van der Waals surface area contributed by atoms with Gasteiger partial charge in [0.2, 0.25) is 5.91 Å². The van der Waals surface area contributed by atoms with E-state index in [1.165, 1.54) is 0 Å². The predicted octanol–water partition coefficient (Wildman–Crippen LogP) is 2.37. The number of alkyl halides is 2. The van der Waals surface area contributed by atoms with Gasteiger partial charge in [-0.2, -0.15) is 10.1 Å². The van der Waals surface area contributed by atoms with Crippen LogP contribution in [0.3, 0.4) is 0 Å². The number of nitrogens with one attached hydrogen (secondary N) is 1. The Labute approximate surface area is 170 Å². The van der Waals surface area contributed by atoms with Gasteiger partial charge < -0.3 is 14.9 Å². The number of carbonyl (C=O) groups is 1. The van der Waals surface area contributed by atoms with Crippen LogP contribution >= 0.6 is 0 Å². The summed E-state index contributed by atoms with van der Waals surface area (Å²) < 4.78 is 33.1. The van der Waals surface area contributed by atoms with Crippen LogP contribution in [0.25, 0.3) is 11.6 Å². The van der Waals surface area contributed by atoms with Crippen LogP contribution in [0.5, 0.6) is 0 Å². The van der Waals surface area contributed by atoms with Gasteiger partial charge in [0, 0.05) is 6.54 Å². The van der Waals surface area contributed by atoms with Crippen molar-refractivity contribution in [2.75, 3.05) is 13.2 Å². The third-order valence-electron chi connectivity index (χ3n) is 5.25. The molecule has 2 aromatic heterocycles. The topological polar surface area (TPSA) is 106 Å². The normalized spacial score (nSPS) is 14.8. The maximum Gasteiger partial charge on any atom is 0.280 e.